The van der Waals surface area contributed by atoms with Crippen LogP contribution in [0.1, 0.15) is 16.8 Å². The monoisotopic (exact) mass is 685 g/mol. The van der Waals surface area contributed by atoms with Crippen LogP contribution in [0.5, 0.6) is 5.75 Å². The van der Waals surface area contributed by atoms with Gasteiger partial charge in [-0.15, -0.1) is 0 Å². The van der Waals surface area contributed by atoms with Crippen molar-refractivity contribution in [3.05, 3.63) is 29.8 Å². The molecular weight excluding hydrogens is 647 g/mol. The molecule has 1 aromatic carbocycles. The number of ether oxygens (including phenoxy) is 5. The minimum Gasteiger partial charge on any atom is -0.490 e. The molecule has 0 aromatic heterocycles. The number of rotatable bonds is 21. The summed E-state index contributed by atoms with van der Waals surface area (Å²) in [5.74, 6) is 5.71. The van der Waals surface area contributed by atoms with Crippen molar-refractivity contribution in [3.63, 3.8) is 0 Å². The van der Waals surface area contributed by atoms with Crippen molar-refractivity contribution >= 4 is 62.3 Å². The number of aliphatic hydroxyl groups excluding tert-OH is 1. The normalized spacial score (nSPS) is 18.8. The van der Waals surface area contributed by atoms with Gasteiger partial charge in [0.2, 0.25) is 5.91 Å². The van der Waals surface area contributed by atoms with Crippen molar-refractivity contribution in [3.8, 4) is 23.6 Å². The van der Waals surface area contributed by atoms with Gasteiger partial charge in [0.25, 0.3) is 13.2 Å². The van der Waals surface area contributed by atoms with Crippen LogP contribution in [0.15, 0.2) is 24.3 Å². The molecule has 241 valence electrons. The van der Waals surface area contributed by atoms with Crippen LogP contribution in [-0.2, 0) is 23.7 Å². The lowest BCUT2D eigenvalue weighted by atomic mass is 9.71. The molecule has 2 unspecified atom stereocenters. The van der Waals surface area contributed by atoms with Gasteiger partial charge in [-0.3, -0.25) is 9.59 Å². The Kier molecular flexibility index (Phi) is 20.6. The maximum atomic E-state index is 12.1. The molecule has 2 rings (SSSR count). The number of hydrogen-bond acceptors (Lipinski definition) is 14. The lowest BCUT2D eigenvalue weighted by Crippen LogP contribution is -2.30. The van der Waals surface area contributed by atoms with Crippen LogP contribution < -0.4 is 21.1 Å². The Balaban J connectivity index is 1.61. The highest BCUT2D eigenvalue weighted by molar-refractivity contribution is 8.77. The third kappa shape index (κ3) is 15.5. The first-order valence-electron chi connectivity index (χ1n) is 13.6. The van der Waals surface area contributed by atoms with Gasteiger partial charge < -0.3 is 45.2 Å². The number of carbonyl (C=O) groups excluding carboxylic acids is 2. The second kappa shape index (κ2) is 23.6. The first-order chi connectivity index (χ1) is 21.4. The SMILES string of the molecule is CSSC(COc1cccc(C(=O)NCCN)c1)OCCOCC(=O)NCC#C[B][C@H]1C[C@@H](O[C@H](C#N)SSC)C(CO)O1. The number of nitrogens with two attached hydrogens (primary N) is 1. The summed E-state index contributed by atoms with van der Waals surface area (Å²) < 4.78 is 28.6. The molecule has 1 fully saturated rings. The average Bonchev–Trinajstić information content (AvgIpc) is 3.43. The number of amides is 2. The second-order valence-electron chi connectivity index (χ2n) is 8.79. The quantitative estimate of drug-likeness (QED) is 0.0479. The van der Waals surface area contributed by atoms with Crippen LogP contribution in [0.2, 0.25) is 0 Å². The summed E-state index contributed by atoms with van der Waals surface area (Å²) in [5, 5.41) is 24.1. The zero-order valence-electron chi connectivity index (χ0n) is 24.6. The molecule has 0 spiro atoms. The van der Waals surface area contributed by atoms with E-state index in [0.29, 0.717) is 30.8 Å². The molecule has 5 atom stereocenters. The van der Waals surface area contributed by atoms with E-state index in [1.54, 1.807) is 31.5 Å². The van der Waals surface area contributed by atoms with E-state index in [0.717, 1.165) is 0 Å². The van der Waals surface area contributed by atoms with Gasteiger partial charge in [0.1, 0.15) is 36.6 Å². The number of nitrogens with one attached hydrogen (secondary N) is 2. The highest BCUT2D eigenvalue weighted by atomic mass is 33.1. The van der Waals surface area contributed by atoms with Gasteiger partial charge in [-0.2, -0.15) is 11.1 Å². The molecule has 1 heterocycles. The number of nitrogens with zero attached hydrogens (tertiary/aromatic N) is 1. The van der Waals surface area contributed by atoms with Gasteiger partial charge in [0, 0.05) is 24.7 Å². The summed E-state index contributed by atoms with van der Waals surface area (Å²) >= 11 is 0. The number of carbonyl (C=O) groups is 2. The van der Waals surface area contributed by atoms with Crippen LogP contribution in [0.3, 0.4) is 0 Å². The molecule has 1 aliphatic rings. The molecule has 1 aliphatic heterocycles. The number of nitriles is 1. The van der Waals surface area contributed by atoms with Crippen molar-refractivity contribution in [1.29, 1.82) is 5.26 Å². The maximum absolute atomic E-state index is 12.1. The summed E-state index contributed by atoms with van der Waals surface area (Å²) in [6.45, 7) is 1.26. The summed E-state index contributed by atoms with van der Waals surface area (Å²) in [6.07, 6.45) is 3.32. The molecule has 17 heteroatoms. The van der Waals surface area contributed by atoms with E-state index < -0.39 is 17.6 Å². The van der Waals surface area contributed by atoms with E-state index in [2.05, 4.69) is 28.4 Å². The molecule has 5 N–H and O–H groups in total. The van der Waals surface area contributed by atoms with Gasteiger partial charge in [0.15, 0.2) is 5.44 Å². The maximum Gasteiger partial charge on any atom is 0.251 e. The lowest BCUT2D eigenvalue weighted by Gasteiger charge is -2.19. The molecule has 0 saturated carbocycles. The van der Waals surface area contributed by atoms with E-state index in [4.69, 9.17) is 29.4 Å². The van der Waals surface area contributed by atoms with Crippen LogP contribution in [0.25, 0.3) is 0 Å². The zero-order valence-corrected chi connectivity index (χ0v) is 27.9. The standard InChI is InChI=1S/C27H38BN4O8S4/c1-41-43-25(15-30)40-21-14-23(39-22(21)16-33)28-7-4-9-31-24(34)17-36-11-12-37-26(44-42-2)18-38-20-6-3-5-19(13-20)27(35)32-10-8-29/h3,5-6,13,21-23,25-26,33H,8-12,14,16-18,29H2,1-2H3,(H,31,34)(H,32,35)/t21-,22?,23-,25+,26?/m1/s1. The first-order valence-corrected chi connectivity index (χ1v) is 18.9. The van der Waals surface area contributed by atoms with E-state index in [1.165, 1.54) is 43.2 Å². The van der Waals surface area contributed by atoms with E-state index in [1.807, 2.05) is 12.5 Å². The lowest BCUT2D eigenvalue weighted by molar-refractivity contribution is -0.126. The molecule has 1 saturated heterocycles. The fraction of sp³-hybridized carbons (Fsp3) is 0.593. The third-order valence-corrected chi connectivity index (χ3v) is 9.21. The van der Waals surface area contributed by atoms with Crippen LogP contribution in [0.4, 0.5) is 0 Å². The van der Waals surface area contributed by atoms with E-state index in [9.17, 15) is 20.0 Å². The third-order valence-electron chi connectivity index (χ3n) is 5.62. The molecule has 2 amide bonds. The molecule has 0 aliphatic carbocycles. The predicted octanol–water partition coefficient (Wildman–Crippen LogP) is 1.26. The summed E-state index contributed by atoms with van der Waals surface area (Å²) in [6, 6.07) is 8.61. The Hall–Kier alpha value is -1.77. The number of benzene rings is 1. The predicted molar refractivity (Wildman–Crippen MR) is 177 cm³/mol. The van der Waals surface area contributed by atoms with Gasteiger partial charge in [-0.1, -0.05) is 44.4 Å². The van der Waals surface area contributed by atoms with Crippen molar-refractivity contribution in [2.24, 2.45) is 5.73 Å². The average molecular weight is 686 g/mol. The fourth-order valence-electron chi connectivity index (χ4n) is 3.67. The highest BCUT2D eigenvalue weighted by Crippen LogP contribution is 2.30. The summed E-state index contributed by atoms with van der Waals surface area (Å²) in [7, 11) is 7.41. The molecule has 12 nitrogen and oxygen atoms in total. The summed E-state index contributed by atoms with van der Waals surface area (Å²) in [4.78, 5) is 24.2. The topological polar surface area (TPSA) is 174 Å². The van der Waals surface area contributed by atoms with Gasteiger partial charge in [-0.25, -0.2) is 0 Å². The number of hydrogen-bond donors (Lipinski definition) is 4. The zero-order chi connectivity index (χ0) is 32.0. The van der Waals surface area contributed by atoms with E-state index >= 15 is 0 Å². The minimum atomic E-state index is -0.650. The molecule has 1 radical (unpaired) electrons. The van der Waals surface area contributed by atoms with Gasteiger partial charge in [0.05, 0.1) is 32.5 Å². The van der Waals surface area contributed by atoms with E-state index in [-0.39, 0.29) is 62.8 Å². The Bertz CT molecular complexity index is 1110. The Morgan fingerprint density at radius 1 is 1.25 bits per heavy atom. The van der Waals surface area contributed by atoms with Gasteiger partial charge >= 0.3 is 0 Å². The van der Waals surface area contributed by atoms with Crippen LogP contribution >= 0.6 is 43.2 Å². The number of aliphatic hydroxyl groups is 1. The Labute approximate surface area is 275 Å². The first kappa shape index (κ1) is 38.4. The van der Waals surface area contributed by atoms with Gasteiger partial charge in [-0.05, 0) is 47.9 Å². The van der Waals surface area contributed by atoms with Crippen molar-refractivity contribution in [2.45, 2.75) is 35.5 Å². The summed E-state index contributed by atoms with van der Waals surface area (Å²) in [5.41, 5.74) is 4.98. The minimum absolute atomic E-state index is 0.131. The smallest absolute Gasteiger partial charge is 0.251 e. The fourth-order valence-corrected chi connectivity index (χ4v) is 6.33. The second-order valence-corrected chi connectivity index (χ2v) is 14.0. The van der Waals surface area contributed by atoms with Crippen LogP contribution in [0, 0.1) is 23.1 Å². The molecule has 0 bridgehead atoms. The Morgan fingerprint density at radius 3 is 2.80 bits per heavy atom. The van der Waals surface area contributed by atoms with Crippen molar-refractivity contribution in [1.82, 2.24) is 10.6 Å². The Morgan fingerprint density at radius 2 is 2.07 bits per heavy atom. The molecule has 1 aromatic rings. The van der Waals surface area contributed by atoms with Crippen molar-refractivity contribution < 1.29 is 38.4 Å². The largest absolute Gasteiger partial charge is 0.490 e. The van der Waals surface area contributed by atoms with Crippen LogP contribution in [-0.4, -0.2) is 118 Å². The van der Waals surface area contributed by atoms with Crippen molar-refractivity contribution in [2.75, 3.05) is 65.2 Å². The highest BCUT2D eigenvalue weighted by Gasteiger charge is 2.37. The molecular formula is C27H38BN4O8S4. The molecule has 44 heavy (non-hydrogen) atoms.